The van der Waals surface area contributed by atoms with Crippen LogP contribution in [0.15, 0.2) is 48.5 Å². The number of halogens is 1. The molecule has 0 saturated heterocycles. The van der Waals surface area contributed by atoms with E-state index in [1.165, 1.54) is 22.3 Å². The molecular weight excluding hydrogens is 323 g/mol. The highest BCUT2D eigenvalue weighted by molar-refractivity contribution is 14.1. The fraction of sp³-hybridized carbons (Fsp3) is 0.200. The molecule has 0 aromatic heterocycles. The lowest BCUT2D eigenvalue weighted by atomic mass is 10.0. The Hall–Kier alpha value is -0.870. The average Bonchev–Trinajstić information content (AvgIpc) is 2.40. The Morgan fingerprint density at radius 2 is 1.29 bits per heavy atom. The maximum atomic E-state index is 5.10. The summed E-state index contributed by atoms with van der Waals surface area (Å²) >= 11 is 2.38. The predicted molar refractivity (Wildman–Crippen MR) is 80.3 cm³/mol. The standard InChI is InChI=1S/C15H15IO/c1-17-11-13-4-8-15(9-5-13)14-6-2-12(10-16)3-7-14/h2-9H,10-11H2,1H3. The van der Waals surface area contributed by atoms with Crippen molar-refractivity contribution in [3.63, 3.8) is 0 Å². The van der Waals surface area contributed by atoms with Gasteiger partial charge in [0, 0.05) is 11.5 Å². The first-order valence-corrected chi connectivity index (χ1v) is 7.09. The van der Waals surface area contributed by atoms with E-state index in [9.17, 15) is 0 Å². The van der Waals surface area contributed by atoms with E-state index in [4.69, 9.17) is 4.74 Å². The molecule has 0 fully saturated rings. The summed E-state index contributed by atoms with van der Waals surface area (Å²) in [5.74, 6) is 0. The first kappa shape index (κ1) is 12.6. The number of methoxy groups -OCH3 is 1. The second-order valence-corrected chi connectivity index (χ2v) is 4.72. The minimum absolute atomic E-state index is 0.675. The summed E-state index contributed by atoms with van der Waals surface area (Å²) in [7, 11) is 1.72. The number of hydrogen-bond donors (Lipinski definition) is 0. The molecule has 0 aliphatic carbocycles. The zero-order chi connectivity index (χ0) is 12.1. The smallest absolute Gasteiger partial charge is 0.0713 e. The third-order valence-corrected chi connectivity index (χ3v) is 3.59. The zero-order valence-corrected chi connectivity index (χ0v) is 12.0. The minimum Gasteiger partial charge on any atom is -0.380 e. The number of rotatable bonds is 4. The van der Waals surface area contributed by atoms with Gasteiger partial charge < -0.3 is 4.74 Å². The summed E-state index contributed by atoms with van der Waals surface area (Å²) in [6, 6.07) is 17.3. The van der Waals surface area contributed by atoms with E-state index in [2.05, 4.69) is 71.1 Å². The molecule has 0 unspecified atom stereocenters. The van der Waals surface area contributed by atoms with E-state index in [-0.39, 0.29) is 0 Å². The lowest BCUT2D eigenvalue weighted by Crippen LogP contribution is -1.87. The highest BCUT2D eigenvalue weighted by Crippen LogP contribution is 2.21. The van der Waals surface area contributed by atoms with Crippen LogP contribution < -0.4 is 0 Å². The van der Waals surface area contributed by atoms with Crippen molar-refractivity contribution in [2.24, 2.45) is 0 Å². The highest BCUT2D eigenvalue weighted by atomic mass is 127. The number of benzene rings is 2. The molecule has 0 bridgehead atoms. The van der Waals surface area contributed by atoms with Crippen LogP contribution in [-0.2, 0) is 15.8 Å². The molecule has 0 spiro atoms. The Balaban J connectivity index is 2.20. The topological polar surface area (TPSA) is 9.23 Å². The van der Waals surface area contributed by atoms with Gasteiger partial charge in [-0.05, 0) is 22.3 Å². The maximum absolute atomic E-state index is 5.10. The molecule has 0 amide bonds. The van der Waals surface area contributed by atoms with Crippen molar-refractivity contribution in [2.45, 2.75) is 11.0 Å². The van der Waals surface area contributed by atoms with E-state index in [0.29, 0.717) is 6.61 Å². The molecule has 2 heteroatoms. The van der Waals surface area contributed by atoms with Crippen molar-refractivity contribution in [3.8, 4) is 11.1 Å². The van der Waals surface area contributed by atoms with Crippen LogP contribution in [-0.4, -0.2) is 7.11 Å². The molecule has 0 aliphatic rings. The largest absolute Gasteiger partial charge is 0.380 e. The summed E-state index contributed by atoms with van der Waals surface area (Å²) in [5, 5.41) is 0. The Bertz CT molecular complexity index is 459. The number of ether oxygens (including phenoxy) is 1. The van der Waals surface area contributed by atoms with Crippen molar-refractivity contribution < 1.29 is 4.74 Å². The molecule has 2 aromatic rings. The summed E-state index contributed by atoms with van der Waals surface area (Å²) in [6.07, 6.45) is 0. The fourth-order valence-corrected chi connectivity index (χ4v) is 2.25. The van der Waals surface area contributed by atoms with Crippen LogP contribution >= 0.6 is 22.6 Å². The Kier molecular flexibility index (Phi) is 4.57. The average molecular weight is 338 g/mol. The van der Waals surface area contributed by atoms with Crippen molar-refractivity contribution in [3.05, 3.63) is 59.7 Å². The van der Waals surface area contributed by atoms with Crippen LogP contribution in [0.4, 0.5) is 0 Å². The summed E-state index contributed by atoms with van der Waals surface area (Å²) in [4.78, 5) is 0. The molecule has 0 saturated carbocycles. The monoisotopic (exact) mass is 338 g/mol. The van der Waals surface area contributed by atoms with Gasteiger partial charge in [0.2, 0.25) is 0 Å². The third-order valence-electron chi connectivity index (χ3n) is 2.71. The molecule has 1 nitrogen and oxygen atoms in total. The summed E-state index contributed by atoms with van der Waals surface area (Å²) in [6.45, 7) is 0.675. The van der Waals surface area contributed by atoms with Gasteiger partial charge in [-0.1, -0.05) is 71.1 Å². The first-order valence-electron chi connectivity index (χ1n) is 5.56. The van der Waals surface area contributed by atoms with Gasteiger partial charge in [0.25, 0.3) is 0 Å². The lowest BCUT2D eigenvalue weighted by molar-refractivity contribution is 0.185. The van der Waals surface area contributed by atoms with Crippen LogP contribution in [0.3, 0.4) is 0 Å². The molecule has 2 rings (SSSR count). The van der Waals surface area contributed by atoms with Crippen molar-refractivity contribution in [2.75, 3.05) is 7.11 Å². The van der Waals surface area contributed by atoms with Crippen LogP contribution in [0, 0.1) is 0 Å². The Morgan fingerprint density at radius 3 is 1.71 bits per heavy atom. The van der Waals surface area contributed by atoms with E-state index < -0.39 is 0 Å². The quantitative estimate of drug-likeness (QED) is 0.592. The second-order valence-electron chi connectivity index (χ2n) is 3.96. The van der Waals surface area contributed by atoms with Crippen LogP contribution in [0.2, 0.25) is 0 Å². The fourth-order valence-electron chi connectivity index (χ4n) is 1.75. The minimum atomic E-state index is 0.675. The van der Waals surface area contributed by atoms with Crippen LogP contribution in [0.1, 0.15) is 11.1 Å². The molecule has 0 radical (unpaired) electrons. The van der Waals surface area contributed by atoms with E-state index in [1.54, 1.807) is 7.11 Å². The second kappa shape index (κ2) is 6.17. The zero-order valence-electron chi connectivity index (χ0n) is 9.82. The van der Waals surface area contributed by atoms with E-state index in [1.807, 2.05) is 0 Å². The summed E-state index contributed by atoms with van der Waals surface area (Å²) in [5.41, 5.74) is 5.10. The first-order chi connectivity index (χ1) is 8.33. The van der Waals surface area contributed by atoms with Crippen LogP contribution in [0.25, 0.3) is 11.1 Å². The van der Waals surface area contributed by atoms with Gasteiger partial charge in [0.15, 0.2) is 0 Å². The van der Waals surface area contributed by atoms with Crippen molar-refractivity contribution >= 4 is 22.6 Å². The SMILES string of the molecule is COCc1ccc(-c2ccc(CI)cc2)cc1. The Labute approximate surface area is 116 Å². The number of hydrogen-bond acceptors (Lipinski definition) is 1. The van der Waals surface area contributed by atoms with Gasteiger partial charge in [0.05, 0.1) is 6.61 Å². The van der Waals surface area contributed by atoms with Gasteiger partial charge in [-0.3, -0.25) is 0 Å². The normalized spacial score (nSPS) is 10.5. The molecule has 17 heavy (non-hydrogen) atoms. The predicted octanol–water partition coefficient (Wildman–Crippen LogP) is 4.44. The van der Waals surface area contributed by atoms with Crippen molar-refractivity contribution in [1.82, 2.24) is 0 Å². The maximum Gasteiger partial charge on any atom is 0.0713 e. The molecule has 0 aliphatic heterocycles. The van der Waals surface area contributed by atoms with Crippen molar-refractivity contribution in [1.29, 1.82) is 0 Å². The third kappa shape index (κ3) is 3.30. The number of alkyl halides is 1. The highest BCUT2D eigenvalue weighted by Gasteiger charge is 1.98. The van der Waals surface area contributed by atoms with Crippen LogP contribution in [0.5, 0.6) is 0 Å². The molecule has 88 valence electrons. The Morgan fingerprint density at radius 1 is 0.824 bits per heavy atom. The molecule has 0 atom stereocenters. The molecule has 2 aromatic carbocycles. The van der Waals surface area contributed by atoms with E-state index >= 15 is 0 Å². The van der Waals surface area contributed by atoms with Gasteiger partial charge in [0.1, 0.15) is 0 Å². The lowest BCUT2D eigenvalue weighted by Gasteiger charge is -2.04. The van der Waals surface area contributed by atoms with Gasteiger partial charge >= 0.3 is 0 Å². The molecule has 0 N–H and O–H groups in total. The van der Waals surface area contributed by atoms with Gasteiger partial charge in [-0.15, -0.1) is 0 Å². The van der Waals surface area contributed by atoms with Gasteiger partial charge in [-0.2, -0.15) is 0 Å². The molecular formula is C15H15IO. The summed E-state index contributed by atoms with van der Waals surface area (Å²) < 4.78 is 6.16. The molecule has 0 heterocycles. The van der Waals surface area contributed by atoms with E-state index in [0.717, 1.165) is 4.43 Å². The van der Waals surface area contributed by atoms with Gasteiger partial charge in [-0.25, -0.2) is 0 Å².